The first kappa shape index (κ1) is 6.93. The van der Waals surface area contributed by atoms with Crippen molar-refractivity contribution in [3.8, 4) is 0 Å². The van der Waals surface area contributed by atoms with Crippen molar-refractivity contribution in [2.24, 2.45) is 0 Å². The minimum absolute atomic E-state index is 0. The van der Waals surface area contributed by atoms with Crippen molar-refractivity contribution in [3.63, 3.8) is 0 Å². The van der Waals surface area contributed by atoms with Crippen LogP contribution in [0.25, 0.3) is 11.2 Å². The van der Waals surface area contributed by atoms with E-state index < -0.39 is 0 Å². The molecule has 1 radical (unpaired) electrons. The molecular formula is C6H4NaO2. The Hall–Kier alpha value is -0.180. The van der Waals surface area contributed by atoms with Crippen molar-refractivity contribution >= 4 is 40.7 Å². The van der Waals surface area contributed by atoms with Gasteiger partial charge >= 0.3 is 0 Å². The fraction of sp³-hybridized carbons (Fsp3) is 0. The molecule has 0 aliphatic carbocycles. The van der Waals surface area contributed by atoms with Crippen LogP contribution >= 0.6 is 0 Å². The molecule has 0 saturated heterocycles. The first-order chi connectivity index (χ1) is 3.97. The van der Waals surface area contributed by atoms with Gasteiger partial charge in [-0.1, -0.05) is 0 Å². The van der Waals surface area contributed by atoms with E-state index in [0.717, 1.165) is 11.2 Å². The van der Waals surface area contributed by atoms with E-state index in [4.69, 9.17) is 8.83 Å². The van der Waals surface area contributed by atoms with Gasteiger partial charge in [0.1, 0.15) is 0 Å². The summed E-state index contributed by atoms with van der Waals surface area (Å²) in [4.78, 5) is 0. The van der Waals surface area contributed by atoms with Crippen molar-refractivity contribution in [2.45, 2.75) is 0 Å². The van der Waals surface area contributed by atoms with Gasteiger partial charge in [-0.25, -0.2) is 0 Å². The molecule has 2 nitrogen and oxygen atoms in total. The predicted molar refractivity (Wildman–Crippen MR) is 34.2 cm³/mol. The van der Waals surface area contributed by atoms with Gasteiger partial charge in [-0.15, -0.1) is 0 Å². The molecule has 2 rings (SSSR count). The zero-order valence-electron chi connectivity index (χ0n) is 5.13. The van der Waals surface area contributed by atoms with Crippen molar-refractivity contribution in [1.82, 2.24) is 0 Å². The van der Waals surface area contributed by atoms with E-state index in [2.05, 4.69) is 0 Å². The van der Waals surface area contributed by atoms with Gasteiger partial charge in [-0.05, 0) is 0 Å². The maximum atomic E-state index is 4.96. The quantitative estimate of drug-likeness (QED) is 0.508. The summed E-state index contributed by atoms with van der Waals surface area (Å²) in [7, 11) is 0. The van der Waals surface area contributed by atoms with Gasteiger partial charge in [0.05, 0.1) is 12.5 Å². The Morgan fingerprint density at radius 1 is 0.889 bits per heavy atom. The first-order valence-electron chi connectivity index (χ1n) is 2.37. The molecular weight excluding hydrogens is 127 g/mol. The summed E-state index contributed by atoms with van der Waals surface area (Å²) < 4.78 is 9.93. The van der Waals surface area contributed by atoms with Crippen LogP contribution in [0.4, 0.5) is 0 Å². The zero-order valence-corrected chi connectivity index (χ0v) is 7.13. The third kappa shape index (κ3) is 1.06. The van der Waals surface area contributed by atoms with E-state index in [1.54, 1.807) is 24.7 Å². The molecule has 0 aromatic carbocycles. The predicted octanol–water partition coefficient (Wildman–Crippen LogP) is 1.65. The smallest absolute Gasteiger partial charge is 0.172 e. The Labute approximate surface area is 74.1 Å². The zero-order chi connectivity index (χ0) is 5.40. The minimum Gasteiger partial charge on any atom is -0.461 e. The van der Waals surface area contributed by atoms with E-state index in [1.807, 2.05) is 0 Å². The van der Waals surface area contributed by atoms with Crippen molar-refractivity contribution in [2.75, 3.05) is 0 Å². The van der Waals surface area contributed by atoms with Crippen LogP contribution in [-0.2, 0) is 0 Å². The summed E-state index contributed by atoms with van der Waals surface area (Å²) in [5.41, 5.74) is 1.62. The minimum atomic E-state index is 0. The van der Waals surface area contributed by atoms with Gasteiger partial charge in [0.2, 0.25) is 0 Å². The molecule has 0 fully saturated rings. The maximum absolute atomic E-state index is 4.96. The summed E-state index contributed by atoms with van der Waals surface area (Å²) in [5, 5.41) is 0. The summed E-state index contributed by atoms with van der Waals surface area (Å²) in [6.45, 7) is 0. The van der Waals surface area contributed by atoms with Crippen molar-refractivity contribution in [3.05, 3.63) is 24.7 Å². The second-order valence-corrected chi connectivity index (χ2v) is 1.57. The topological polar surface area (TPSA) is 26.3 Å². The molecule has 0 bridgehead atoms. The van der Waals surface area contributed by atoms with Crippen LogP contribution in [0, 0.1) is 0 Å². The summed E-state index contributed by atoms with van der Waals surface area (Å²) in [6.07, 6.45) is 3.21. The fourth-order valence-corrected chi connectivity index (χ4v) is 0.697. The Bertz CT molecular complexity index is 232. The number of hydrogen-bond acceptors (Lipinski definition) is 2. The molecule has 0 unspecified atom stereocenters. The molecule has 0 spiro atoms. The molecule has 3 heteroatoms. The number of hydrogen-bond donors (Lipinski definition) is 0. The van der Waals surface area contributed by atoms with Crippen LogP contribution in [0.15, 0.2) is 33.5 Å². The van der Waals surface area contributed by atoms with E-state index in [1.165, 1.54) is 0 Å². The molecule has 2 aromatic rings. The maximum Gasteiger partial charge on any atom is 0.172 e. The third-order valence-corrected chi connectivity index (χ3v) is 1.07. The molecule has 2 heterocycles. The van der Waals surface area contributed by atoms with Crippen LogP contribution in [0.3, 0.4) is 0 Å². The summed E-state index contributed by atoms with van der Waals surface area (Å²) in [6, 6.07) is 3.57. The van der Waals surface area contributed by atoms with E-state index in [-0.39, 0.29) is 29.6 Å². The van der Waals surface area contributed by atoms with Gasteiger partial charge in [-0.3, -0.25) is 0 Å². The van der Waals surface area contributed by atoms with E-state index in [9.17, 15) is 0 Å². The van der Waals surface area contributed by atoms with Gasteiger partial charge in [0.15, 0.2) is 11.2 Å². The molecule has 0 atom stereocenters. The Morgan fingerprint density at radius 2 is 1.33 bits per heavy atom. The van der Waals surface area contributed by atoms with Gasteiger partial charge in [0, 0.05) is 41.7 Å². The molecule has 9 heavy (non-hydrogen) atoms. The molecule has 0 aliphatic heterocycles. The second kappa shape index (κ2) is 2.60. The third-order valence-electron chi connectivity index (χ3n) is 1.07. The second-order valence-electron chi connectivity index (χ2n) is 1.57. The molecule has 0 amide bonds. The van der Waals surface area contributed by atoms with Crippen LogP contribution in [0.2, 0.25) is 0 Å². The van der Waals surface area contributed by atoms with Gasteiger partial charge in [-0.2, -0.15) is 0 Å². The van der Waals surface area contributed by atoms with Crippen LogP contribution in [-0.4, -0.2) is 29.6 Å². The molecule has 2 aromatic heterocycles. The molecule has 0 aliphatic rings. The van der Waals surface area contributed by atoms with Crippen LogP contribution < -0.4 is 0 Å². The number of furan rings is 2. The van der Waals surface area contributed by atoms with Crippen LogP contribution in [0.1, 0.15) is 0 Å². The largest absolute Gasteiger partial charge is 0.461 e. The van der Waals surface area contributed by atoms with Crippen LogP contribution in [0.5, 0.6) is 0 Å². The summed E-state index contributed by atoms with van der Waals surface area (Å²) in [5.74, 6) is 0. The number of fused-ring (bicyclic) bond motifs is 1. The molecule has 41 valence electrons. The standard InChI is InChI=1S/C6H4O2.Na/c1-3-7-6-2-4-8-5(1)6;/h1-4H;. The van der Waals surface area contributed by atoms with E-state index >= 15 is 0 Å². The van der Waals surface area contributed by atoms with E-state index in [0.29, 0.717) is 0 Å². The normalized spacial score (nSPS) is 9.33. The average molecular weight is 131 g/mol. The van der Waals surface area contributed by atoms with Crippen molar-refractivity contribution < 1.29 is 8.83 Å². The van der Waals surface area contributed by atoms with Gasteiger partial charge < -0.3 is 8.83 Å². The molecule has 0 N–H and O–H groups in total. The SMILES string of the molecule is [Na].c1cc2occc2o1. The molecule has 0 saturated carbocycles. The fourth-order valence-electron chi connectivity index (χ4n) is 0.697. The van der Waals surface area contributed by atoms with Crippen molar-refractivity contribution in [1.29, 1.82) is 0 Å². The van der Waals surface area contributed by atoms with Gasteiger partial charge in [0.25, 0.3) is 0 Å². The average Bonchev–Trinajstić information content (AvgIpc) is 2.15. The monoisotopic (exact) mass is 131 g/mol. The Balaban J connectivity index is 0.000000405. The summed E-state index contributed by atoms with van der Waals surface area (Å²) >= 11 is 0. The Kier molecular flexibility index (Phi) is 2.01. The number of rotatable bonds is 0. The Morgan fingerprint density at radius 3 is 1.78 bits per heavy atom. The first-order valence-corrected chi connectivity index (χ1v) is 2.37.